The Kier molecular flexibility index (Phi) is 3.97. The third-order valence-corrected chi connectivity index (χ3v) is 3.33. The zero-order valence-electron chi connectivity index (χ0n) is 10.1. The maximum Gasteiger partial charge on any atom is 0.409 e. The van der Waals surface area contributed by atoms with E-state index in [1.807, 2.05) is 0 Å². The van der Waals surface area contributed by atoms with Crippen molar-refractivity contribution in [2.75, 3.05) is 26.8 Å². The molecule has 0 aromatic rings. The van der Waals surface area contributed by atoms with E-state index in [1.54, 1.807) is 4.90 Å². The van der Waals surface area contributed by atoms with E-state index in [0.29, 0.717) is 25.6 Å². The molecule has 0 aromatic heterocycles. The Morgan fingerprint density at radius 1 is 1.47 bits per heavy atom. The number of methoxy groups -OCH3 is 1. The zero-order valence-corrected chi connectivity index (χ0v) is 10.1. The lowest BCUT2D eigenvalue weighted by atomic mass is 9.89. The van der Waals surface area contributed by atoms with Crippen molar-refractivity contribution in [2.24, 2.45) is 5.92 Å². The Morgan fingerprint density at radius 3 is 2.67 bits per heavy atom. The smallest absolute Gasteiger partial charge is 0.409 e. The number of hydrogen-bond donors (Lipinski definition) is 0. The Bertz CT molecular complexity index is 230. The van der Waals surface area contributed by atoms with Gasteiger partial charge in [-0.2, -0.15) is 0 Å². The van der Waals surface area contributed by atoms with Gasteiger partial charge in [0.1, 0.15) is 0 Å². The Hall–Kier alpha value is -0.770. The molecule has 1 aliphatic rings. The number of nitrogens with zero attached hydrogens (tertiary/aromatic N) is 1. The van der Waals surface area contributed by atoms with Crippen LogP contribution in [-0.2, 0) is 9.47 Å². The first-order valence-electron chi connectivity index (χ1n) is 5.46. The standard InChI is InChI=1S/C11H21NO3/c1-9(2)11(3)5-6-12(7-8-15-11)10(13)14-4/h9H,5-8H2,1-4H3. The molecule has 1 saturated heterocycles. The molecule has 1 atom stereocenters. The van der Waals surface area contributed by atoms with Gasteiger partial charge >= 0.3 is 6.09 Å². The molecule has 0 aliphatic carbocycles. The quantitative estimate of drug-likeness (QED) is 0.670. The van der Waals surface area contributed by atoms with Crippen molar-refractivity contribution >= 4 is 6.09 Å². The molecule has 1 unspecified atom stereocenters. The maximum absolute atomic E-state index is 11.3. The second kappa shape index (κ2) is 4.84. The molecular weight excluding hydrogens is 194 g/mol. The molecule has 0 N–H and O–H groups in total. The van der Waals surface area contributed by atoms with Crippen molar-refractivity contribution in [1.82, 2.24) is 4.90 Å². The highest BCUT2D eigenvalue weighted by Crippen LogP contribution is 2.27. The van der Waals surface area contributed by atoms with Crippen LogP contribution < -0.4 is 0 Å². The van der Waals surface area contributed by atoms with Crippen molar-refractivity contribution in [2.45, 2.75) is 32.8 Å². The van der Waals surface area contributed by atoms with Gasteiger partial charge in [-0.05, 0) is 19.3 Å². The minimum atomic E-state index is -0.258. The monoisotopic (exact) mass is 215 g/mol. The summed E-state index contributed by atoms with van der Waals surface area (Å²) < 4.78 is 10.5. The van der Waals surface area contributed by atoms with E-state index < -0.39 is 0 Å². The van der Waals surface area contributed by atoms with Crippen LogP contribution >= 0.6 is 0 Å². The lowest BCUT2D eigenvalue weighted by molar-refractivity contribution is -0.0571. The maximum atomic E-state index is 11.3. The van der Waals surface area contributed by atoms with Gasteiger partial charge in [0.2, 0.25) is 0 Å². The average Bonchev–Trinajstić information content (AvgIpc) is 2.40. The van der Waals surface area contributed by atoms with Crippen LogP contribution in [0.4, 0.5) is 4.79 Å². The average molecular weight is 215 g/mol. The highest BCUT2D eigenvalue weighted by Gasteiger charge is 2.33. The number of carbonyl (C=O) groups is 1. The number of rotatable bonds is 1. The van der Waals surface area contributed by atoms with E-state index >= 15 is 0 Å². The van der Waals surface area contributed by atoms with Crippen LogP contribution in [0.1, 0.15) is 27.2 Å². The Labute approximate surface area is 91.5 Å². The highest BCUT2D eigenvalue weighted by molar-refractivity contribution is 5.67. The van der Waals surface area contributed by atoms with Crippen LogP contribution in [-0.4, -0.2) is 43.4 Å². The summed E-state index contributed by atoms with van der Waals surface area (Å²) in [7, 11) is 1.41. The lowest BCUT2D eigenvalue weighted by Crippen LogP contribution is -2.36. The van der Waals surface area contributed by atoms with Gasteiger partial charge in [-0.25, -0.2) is 4.79 Å². The largest absolute Gasteiger partial charge is 0.453 e. The molecule has 4 nitrogen and oxygen atoms in total. The minimum Gasteiger partial charge on any atom is -0.453 e. The fraction of sp³-hybridized carbons (Fsp3) is 0.909. The summed E-state index contributed by atoms with van der Waals surface area (Å²) in [5.74, 6) is 0.454. The number of hydrogen-bond acceptors (Lipinski definition) is 3. The molecule has 0 bridgehead atoms. The molecule has 88 valence electrons. The molecule has 1 fully saturated rings. The fourth-order valence-electron chi connectivity index (χ4n) is 1.70. The third-order valence-electron chi connectivity index (χ3n) is 3.33. The van der Waals surface area contributed by atoms with E-state index in [2.05, 4.69) is 20.8 Å². The van der Waals surface area contributed by atoms with Crippen LogP contribution in [0.15, 0.2) is 0 Å². The SMILES string of the molecule is COC(=O)N1CCOC(C)(C(C)C)CC1. The van der Waals surface area contributed by atoms with Crippen molar-refractivity contribution in [1.29, 1.82) is 0 Å². The van der Waals surface area contributed by atoms with Gasteiger partial charge in [-0.1, -0.05) is 13.8 Å². The van der Waals surface area contributed by atoms with Crippen molar-refractivity contribution < 1.29 is 14.3 Å². The van der Waals surface area contributed by atoms with Crippen molar-refractivity contribution in [3.63, 3.8) is 0 Å². The van der Waals surface area contributed by atoms with Gasteiger partial charge in [0, 0.05) is 13.1 Å². The summed E-state index contributed by atoms with van der Waals surface area (Å²) in [6.07, 6.45) is 0.603. The van der Waals surface area contributed by atoms with Gasteiger partial charge in [0.15, 0.2) is 0 Å². The summed E-state index contributed by atoms with van der Waals surface area (Å²) in [6, 6.07) is 0. The van der Waals surface area contributed by atoms with Crippen LogP contribution in [0.25, 0.3) is 0 Å². The molecule has 1 amide bonds. The first kappa shape index (κ1) is 12.3. The first-order valence-corrected chi connectivity index (χ1v) is 5.46. The summed E-state index contributed by atoms with van der Waals surface area (Å²) in [5, 5.41) is 0. The molecule has 15 heavy (non-hydrogen) atoms. The number of ether oxygens (including phenoxy) is 2. The first-order chi connectivity index (χ1) is 6.99. The molecule has 0 saturated carbocycles. The van der Waals surface area contributed by atoms with Crippen molar-refractivity contribution in [3.8, 4) is 0 Å². The van der Waals surface area contributed by atoms with E-state index in [1.165, 1.54) is 7.11 Å². The van der Waals surface area contributed by atoms with E-state index in [-0.39, 0.29) is 11.7 Å². The summed E-state index contributed by atoms with van der Waals surface area (Å²) in [4.78, 5) is 13.1. The molecule has 1 aliphatic heterocycles. The molecule has 0 spiro atoms. The molecular formula is C11H21NO3. The van der Waals surface area contributed by atoms with Gasteiger partial charge in [0.25, 0.3) is 0 Å². The second-order valence-electron chi connectivity index (χ2n) is 4.52. The van der Waals surface area contributed by atoms with E-state index in [9.17, 15) is 4.79 Å². The number of amides is 1. The van der Waals surface area contributed by atoms with Gasteiger partial charge in [-0.3, -0.25) is 0 Å². The third kappa shape index (κ3) is 2.84. The predicted molar refractivity (Wildman–Crippen MR) is 57.8 cm³/mol. The van der Waals surface area contributed by atoms with E-state index in [4.69, 9.17) is 9.47 Å². The molecule has 1 rings (SSSR count). The van der Waals surface area contributed by atoms with Crippen LogP contribution in [0, 0.1) is 5.92 Å². The van der Waals surface area contributed by atoms with Gasteiger partial charge in [-0.15, -0.1) is 0 Å². The van der Waals surface area contributed by atoms with Gasteiger partial charge in [0.05, 0.1) is 19.3 Å². The number of carbonyl (C=O) groups excluding carboxylic acids is 1. The fourth-order valence-corrected chi connectivity index (χ4v) is 1.70. The molecule has 0 aromatic carbocycles. The molecule has 1 heterocycles. The lowest BCUT2D eigenvalue weighted by Gasteiger charge is -2.32. The predicted octanol–water partition coefficient (Wildman–Crippen LogP) is 1.89. The van der Waals surface area contributed by atoms with Crippen LogP contribution in [0.3, 0.4) is 0 Å². The van der Waals surface area contributed by atoms with Crippen LogP contribution in [0.2, 0.25) is 0 Å². The Morgan fingerprint density at radius 2 is 2.13 bits per heavy atom. The van der Waals surface area contributed by atoms with E-state index in [0.717, 1.165) is 6.42 Å². The highest BCUT2D eigenvalue weighted by atomic mass is 16.5. The summed E-state index contributed by atoms with van der Waals surface area (Å²) in [6.45, 7) is 8.32. The summed E-state index contributed by atoms with van der Waals surface area (Å²) in [5.41, 5.74) is -0.122. The minimum absolute atomic E-state index is 0.122. The van der Waals surface area contributed by atoms with Crippen molar-refractivity contribution in [3.05, 3.63) is 0 Å². The summed E-state index contributed by atoms with van der Waals surface area (Å²) >= 11 is 0. The van der Waals surface area contributed by atoms with Crippen LogP contribution in [0.5, 0.6) is 0 Å². The molecule has 4 heteroatoms. The normalized spacial score (nSPS) is 27.7. The second-order valence-corrected chi connectivity index (χ2v) is 4.52. The van der Waals surface area contributed by atoms with Gasteiger partial charge < -0.3 is 14.4 Å². The topological polar surface area (TPSA) is 38.8 Å². The Balaban J connectivity index is 2.59. The molecule has 0 radical (unpaired) electrons. The zero-order chi connectivity index (χ0) is 11.5.